The van der Waals surface area contributed by atoms with E-state index in [0.29, 0.717) is 11.6 Å². The van der Waals surface area contributed by atoms with Gasteiger partial charge in [-0.3, -0.25) is 4.90 Å². The number of benzene rings is 2. The smallest absolute Gasteiger partial charge is 0.337 e. The van der Waals surface area contributed by atoms with Crippen molar-refractivity contribution in [2.24, 2.45) is 0 Å². The predicted molar refractivity (Wildman–Crippen MR) is 134 cm³/mol. The number of carboxylic acids is 1. The Morgan fingerprint density at radius 1 is 1.03 bits per heavy atom. The summed E-state index contributed by atoms with van der Waals surface area (Å²) in [6.07, 6.45) is 1.62. The second kappa shape index (κ2) is 10.3. The number of hydrogen-bond acceptors (Lipinski definition) is 5. The minimum Gasteiger partial charge on any atom is -0.478 e. The molecular formula is C26H24N4O3S. The Bertz CT molecular complexity index is 1290. The Morgan fingerprint density at radius 2 is 1.79 bits per heavy atom. The highest BCUT2D eigenvalue weighted by molar-refractivity contribution is 7.09. The number of amides is 2. The molecule has 0 fully saturated rings. The summed E-state index contributed by atoms with van der Waals surface area (Å²) in [5.41, 5.74) is 3.05. The minimum absolute atomic E-state index is 0.00633. The van der Waals surface area contributed by atoms with E-state index in [9.17, 15) is 14.7 Å². The van der Waals surface area contributed by atoms with Gasteiger partial charge in [-0.05, 0) is 41.1 Å². The van der Waals surface area contributed by atoms with Crippen LogP contribution in [0.2, 0.25) is 0 Å². The van der Waals surface area contributed by atoms with E-state index in [4.69, 9.17) is 0 Å². The summed E-state index contributed by atoms with van der Waals surface area (Å²) in [4.78, 5) is 36.3. The first-order valence-corrected chi connectivity index (χ1v) is 11.7. The molecule has 0 saturated carbocycles. The third kappa shape index (κ3) is 5.29. The summed E-state index contributed by atoms with van der Waals surface area (Å²) in [5.74, 6) is -0.471. The second-order valence-electron chi connectivity index (χ2n) is 7.96. The maximum Gasteiger partial charge on any atom is 0.337 e. The van der Waals surface area contributed by atoms with Crippen LogP contribution in [-0.2, 0) is 6.54 Å². The zero-order valence-corrected chi connectivity index (χ0v) is 19.6. The lowest BCUT2D eigenvalue weighted by molar-refractivity contribution is 0.0698. The highest BCUT2D eigenvalue weighted by Gasteiger charge is 2.22. The van der Waals surface area contributed by atoms with Gasteiger partial charge in [0.1, 0.15) is 0 Å². The molecule has 8 heteroatoms. The molecule has 0 spiro atoms. The minimum atomic E-state index is -1.12. The van der Waals surface area contributed by atoms with E-state index < -0.39 is 12.0 Å². The number of carbonyl (C=O) groups excluding carboxylic acids is 1. The fourth-order valence-corrected chi connectivity index (χ4v) is 4.12. The molecule has 0 aliphatic rings. The molecule has 0 saturated heterocycles. The van der Waals surface area contributed by atoms with Gasteiger partial charge in [0.15, 0.2) is 0 Å². The number of urea groups is 1. The third-order valence-electron chi connectivity index (χ3n) is 5.30. The number of para-hydroxylation sites is 1. The Labute approximate surface area is 201 Å². The summed E-state index contributed by atoms with van der Waals surface area (Å²) in [6.45, 7) is 4.53. The molecule has 2 amide bonds. The van der Waals surface area contributed by atoms with E-state index in [-0.39, 0.29) is 23.7 Å². The Morgan fingerprint density at radius 3 is 2.47 bits per heavy atom. The number of nitrogens with one attached hydrogen (secondary N) is 1. The van der Waals surface area contributed by atoms with Gasteiger partial charge in [-0.2, -0.15) is 0 Å². The Balaban J connectivity index is 1.67. The van der Waals surface area contributed by atoms with Gasteiger partial charge in [-0.1, -0.05) is 56.3 Å². The van der Waals surface area contributed by atoms with Gasteiger partial charge >= 0.3 is 12.0 Å². The van der Waals surface area contributed by atoms with Crippen molar-refractivity contribution in [1.29, 1.82) is 0 Å². The van der Waals surface area contributed by atoms with Crippen LogP contribution in [0.1, 0.15) is 40.6 Å². The van der Waals surface area contributed by atoms with E-state index in [1.165, 1.54) is 27.9 Å². The van der Waals surface area contributed by atoms with Gasteiger partial charge in [0.2, 0.25) is 5.95 Å². The average molecular weight is 473 g/mol. The molecule has 0 radical (unpaired) electrons. The number of aromatic nitrogens is 2. The van der Waals surface area contributed by atoms with Crippen LogP contribution in [0.4, 0.5) is 16.4 Å². The van der Waals surface area contributed by atoms with Crippen molar-refractivity contribution in [3.63, 3.8) is 0 Å². The molecule has 0 atom stereocenters. The summed E-state index contributed by atoms with van der Waals surface area (Å²) < 4.78 is 0. The molecular weight excluding hydrogens is 448 g/mol. The van der Waals surface area contributed by atoms with Crippen molar-refractivity contribution >= 4 is 35.0 Å². The molecule has 0 aliphatic carbocycles. The summed E-state index contributed by atoms with van der Waals surface area (Å²) in [5, 5.41) is 14.1. The first kappa shape index (κ1) is 23.1. The number of carboxylic acid groups (broad SMARTS) is 1. The fourth-order valence-electron chi connectivity index (χ4n) is 3.43. The standard InChI is InChI=1S/C26H24N4O3S/c1-17(2)18-9-11-19(12-10-18)22-13-14-27-25(28-22)30(16-20-6-5-15-34-20)26(33)29-23-8-4-3-7-21(23)24(31)32/h3-15,17H,16H2,1-2H3,(H,29,33)(H,31,32). The van der Waals surface area contributed by atoms with Crippen LogP contribution >= 0.6 is 11.3 Å². The molecule has 7 nitrogen and oxygen atoms in total. The molecule has 2 heterocycles. The van der Waals surface area contributed by atoms with Crippen LogP contribution in [0.15, 0.2) is 78.3 Å². The zero-order valence-electron chi connectivity index (χ0n) is 18.8. The number of aromatic carboxylic acids is 1. The van der Waals surface area contributed by atoms with E-state index in [0.717, 1.165) is 10.4 Å². The van der Waals surface area contributed by atoms with Crippen molar-refractivity contribution in [3.05, 3.63) is 94.3 Å². The van der Waals surface area contributed by atoms with Gasteiger partial charge in [0.05, 0.1) is 23.5 Å². The lowest BCUT2D eigenvalue weighted by Crippen LogP contribution is -2.36. The van der Waals surface area contributed by atoms with Crippen LogP contribution in [0.3, 0.4) is 0 Å². The predicted octanol–water partition coefficient (Wildman–Crippen LogP) is 6.27. The molecule has 4 aromatic rings. The number of thiophene rings is 1. The van der Waals surface area contributed by atoms with Gasteiger partial charge in [-0.25, -0.2) is 19.6 Å². The van der Waals surface area contributed by atoms with Gasteiger partial charge in [0, 0.05) is 16.6 Å². The van der Waals surface area contributed by atoms with Crippen LogP contribution in [0.25, 0.3) is 11.3 Å². The molecule has 2 aromatic carbocycles. The molecule has 172 valence electrons. The maximum absolute atomic E-state index is 13.3. The number of nitrogens with zero attached hydrogens (tertiary/aromatic N) is 3. The SMILES string of the molecule is CC(C)c1ccc(-c2ccnc(N(Cc3cccs3)C(=O)Nc3ccccc3C(=O)O)n2)cc1. The van der Waals surface area contributed by atoms with Crippen LogP contribution in [0.5, 0.6) is 0 Å². The highest BCUT2D eigenvalue weighted by atomic mass is 32.1. The fraction of sp³-hybridized carbons (Fsp3) is 0.154. The highest BCUT2D eigenvalue weighted by Crippen LogP contribution is 2.25. The van der Waals surface area contributed by atoms with E-state index in [2.05, 4.69) is 41.3 Å². The monoisotopic (exact) mass is 472 g/mol. The lowest BCUT2D eigenvalue weighted by atomic mass is 10.0. The van der Waals surface area contributed by atoms with Gasteiger partial charge < -0.3 is 10.4 Å². The van der Waals surface area contributed by atoms with Gasteiger partial charge in [-0.15, -0.1) is 11.3 Å². The second-order valence-corrected chi connectivity index (χ2v) is 9.00. The van der Waals surface area contributed by atoms with Crippen molar-refractivity contribution in [3.8, 4) is 11.3 Å². The summed E-state index contributed by atoms with van der Waals surface area (Å²) in [6, 6.07) is 19.5. The largest absolute Gasteiger partial charge is 0.478 e. The number of anilines is 2. The molecule has 2 N–H and O–H groups in total. The molecule has 0 bridgehead atoms. The maximum atomic E-state index is 13.3. The summed E-state index contributed by atoms with van der Waals surface area (Å²) >= 11 is 1.51. The van der Waals surface area contributed by atoms with E-state index in [1.807, 2.05) is 29.6 Å². The van der Waals surface area contributed by atoms with Crippen LogP contribution in [-0.4, -0.2) is 27.1 Å². The van der Waals surface area contributed by atoms with E-state index >= 15 is 0 Å². The number of hydrogen-bond donors (Lipinski definition) is 2. The molecule has 2 aromatic heterocycles. The van der Waals surface area contributed by atoms with Crippen LogP contribution < -0.4 is 10.2 Å². The van der Waals surface area contributed by atoms with Crippen LogP contribution in [0, 0.1) is 0 Å². The van der Waals surface area contributed by atoms with Gasteiger partial charge in [0.25, 0.3) is 0 Å². The Kier molecular flexibility index (Phi) is 6.98. The van der Waals surface area contributed by atoms with Crippen molar-refractivity contribution in [1.82, 2.24) is 9.97 Å². The van der Waals surface area contributed by atoms with E-state index in [1.54, 1.807) is 30.5 Å². The first-order chi connectivity index (χ1) is 16.4. The molecule has 0 aliphatic heterocycles. The average Bonchev–Trinajstić information content (AvgIpc) is 3.36. The number of carbonyl (C=O) groups is 2. The van der Waals surface area contributed by atoms with Crippen molar-refractivity contribution < 1.29 is 14.7 Å². The van der Waals surface area contributed by atoms with Crippen molar-refractivity contribution in [2.45, 2.75) is 26.3 Å². The first-order valence-electron chi connectivity index (χ1n) is 10.8. The quantitative estimate of drug-likeness (QED) is 0.331. The normalized spacial score (nSPS) is 10.8. The Hall–Kier alpha value is -4.04. The molecule has 4 rings (SSSR count). The molecule has 0 unspecified atom stereocenters. The zero-order chi connectivity index (χ0) is 24.1. The van der Waals surface area contributed by atoms with Crippen molar-refractivity contribution in [2.75, 3.05) is 10.2 Å². The third-order valence-corrected chi connectivity index (χ3v) is 6.16. The molecule has 34 heavy (non-hydrogen) atoms. The lowest BCUT2D eigenvalue weighted by Gasteiger charge is -2.21. The summed E-state index contributed by atoms with van der Waals surface area (Å²) in [7, 11) is 0. The number of rotatable bonds is 7. The topological polar surface area (TPSA) is 95.4 Å².